The van der Waals surface area contributed by atoms with Crippen molar-refractivity contribution in [2.24, 2.45) is 0 Å². The predicted molar refractivity (Wildman–Crippen MR) is 86.3 cm³/mol. The van der Waals surface area contributed by atoms with Crippen LogP contribution >= 0.6 is 11.3 Å². The molecule has 110 valence electrons. The molecule has 3 rings (SSSR count). The number of aromatic nitrogens is 2. The minimum absolute atomic E-state index is 0.0522. The van der Waals surface area contributed by atoms with E-state index < -0.39 is 10.0 Å². The number of nitrogens with zero attached hydrogens (tertiary/aromatic N) is 2. The van der Waals surface area contributed by atoms with Gasteiger partial charge in [0.15, 0.2) is 4.96 Å². The summed E-state index contributed by atoms with van der Waals surface area (Å²) in [4.78, 5) is 5.50. The first-order valence-corrected chi connectivity index (χ1v) is 9.06. The molecule has 0 saturated carbocycles. The Morgan fingerprint density at radius 3 is 2.90 bits per heavy atom. The van der Waals surface area contributed by atoms with E-state index in [1.54, 1.807) is 30.4 Å². The average Bonchev–Trinajstić information content (AvgIpc) is 3.01. The van der Waals surface area contributed by atoms with Crippen molar-refractivity contribution < 1.29 is 8.42 Å². The first kappa shape index (κ1) is 14.1. The quantitative estimate of drug-likeness (QED) is 0.803. The number of aryl methyl sites for hydroxylation is 1. The van der Waals surface area contributed by atoms with E-state index in [1.165, 1.54) is 0 Å². The summed E-state index contributed by atoms with van der Waals surface area (Å²) in [5, 5.41) is 2.05. The van der Waals surface area contributed by atoms with E-state index in [0.29, 0.717) is 5.69 Å². The van der Waals surface area contributed by atoms with E-state index in [0.717, 1.165) is 21.9 Å². The second-order valence-corrected chi connectivity index (χ2v) is 7.59. The minimum atomic E-state index is -3.27. The molecule has 0 saturated heterocycles. The van der Waals surface area contributed by atoms with Crippen molar-refractivity contribution in [2.75, 3.05) is 10.5 Å². The van der Waals surface area contributed by atoms with Gasteiger partial charge in [0.2, 0.25) is 10.0 Å². The fraction of sp³-hybridized carbons (Fsp3) is 0.214. The van der Waals surface area contributed by atoms with Crippen LogP contribution in [0.1, 0.15) is 12.6 Å². The van der Waals surface area contributed by atoms with Gasteiger partial charge in [-0.3, -0.25) is 9.12 Å². The summed E-state index contributed by atoms with van der Waals surface area (Å²) in [5.74, 6) is 0.0522. The van der Waals surface area contributed by atoms with Crippen molar-refractivity contribution in [1.82, 2.24) is 9.38 Å². The van der Waals surface area contributed by atoms with Gasteiger partial charge < -0.3 is 0 Å². The van der Waals surface area contributed by atoms with Crippen LogP contribution < -0.4 is 4.72 Å². The van der Waals surface area contributed by atoms with E-state index in [4.69, 9.17) is 0 Å². The molecule has 0 aliphatic carbocycles. The lowest BCUT2D eigenvalue weighted by Gasteiger charge is -2.06. The largest absolute Gasteiger partial charge is 0.294 e. The van der Waals surface area contributed by atoms with Crippen LogP contribution in [0.2, 0.25) is 0 Å². The Bertz CT molecular complexity index is 894. The summed E-state index contributed by atoms with van der Waals surface area (Å²) in [6.45, 7) is 3.64. The van der Waals surface area contributed by atoms with Gasteiger partial charge in [0.25, 0.3) is 0 Å². The van der Waals surface area contributed by atoms with Crippen molar-refractivity contribution in [3.8, 4) is 11.3 Å². The number of hydrogen-bond acceptors (Lipinski definition) is 4. The topological polar surface area (TPSA) is 63.5 Å². The standard InChI is InChI=1S/C14H15N3O2S2/c1-3-21(18,19)16-12-6-4-5-11(7-12)13-8-17-10(2)9-20-14(17)15-13/h4-9,16H,3H2,1-2H3. The normalized spacial score (nSPS) is 11.9. The van der Waals surface area contributed by atoms with Gasteiger partial charge in [-0.1, -0.05) is 12.1 Å². The Morgan fingerprint density at radius 1 is 1.38 bits per heavy atom. The summed E-state index contributed by atoms with van der Waals surface area (Å²) in [7, 11) is -3.27. The van der Waals surface area contributed by atoms with Gasteiger partial charge in [-0.25, -0.2) is 13.4 Å². The molecular weight excluding hydrogens is 306 g/mol. The number of fused-ring (bicyclic) bond motifs is 1. The highest BCUT2D eigenvalue weighted by Crippen LogP contribution is 2.25. The summed E-state index contributed by atoms with van der Waals surface area (Å²) >= 11 is 1.59. The molecule has 5 nitrogen and oxygen atoms in total. The summed E-state index contributed by atoms with van der Waals surface area (Å²) in [6.07, 6.45) is 1.97. The Morgan fingerprint density at radius 2 is 2.19 bits per heavy atom. The van der Waals surface area contributed by atoms with Gasteiger partial charge in [0.1, 0.15) is 0 Å². The Hall–Kier alpha value is -1.86. The second-order valence-electron chi connectivity index (χ2n) is 4.74. The summed E-state index contributed by atoms with van der Waals surface area (Å²) in [5.41, 5.74) is 3.42. The van der Waals surface area contributed by atoms with Crippen molar-refractivity contribution in [2.45, 2.75) is 13.8 Å². The van der Waals surface area contributed by atoms with Gasteiger partial charge in [-0.2, -0.15) is 0 Å². The lowest BCUT2D eigenvalue weighted by atomic mass is 10.1. The Balaban J connectivity index is 1.99. The molecule has 2 heterocycles. The fourth-order valence-electron chi connectivity index (χ4n) is 2.03. The number of sulfonamides is 1. The number of thiazole rings is 1. The van der Waals surface area contributed by atoms with Gasteiger partial charge in [0.05, 0.1) is 11.4 Å². The maximum Gasteiger partial charge on any atom is 0.232 e. The first-order chi connectivity index (χ1) is 9.98. The molecule has 0 amide bonds. The molecule has 1 aromatic carbocycles. The molecule has 0 spiro atoms. The Labute approximate surface area is 127 Å². The number of anilines is 1. The smallest absolute Gasteiger partial charge is 0.232 e. The molecule has 2 aromatic heterocycles. The lowest BCUT2D eigenvalue weighted by Crippen LogP contribution is -2.14. The van der Waals surface area contributed by atoms with Crippen LogP contribution in [0.4, 0.5) is 5.69 Å². The zero-order valence-corrected chi connectivity index (χ0v) is 13.3. The summed E-state index contributed by atoms with van der Waals surface area (Å²) < 4.78 is 27.9. The monoisotopic (exact) mass is 321 g/mol. The maximum atomic E-state index is 11.6. The van der Waals surface area contributed by atoms with Gasteiger partial charge in [0, 0.05) is 28.5 Å². The number of imidazole rings is 1. The molecule has 3 aromatic rings. The summed E-state index contributed by atoms with van der Waals surface area (Å²) in [6, 6.07) is 7.28. The van der Waals surface area contributed by atoms with Crippen LogP contribution in [0.3, 0.4) is 0 Å². The third-order valence-electron chi connectivity index (χ3n) is 3.20. The van der Waals surface area contributed by atoms with Crippen LogP contribution in [-0.4, -0.2) is 23.6 Å². The van der Waals surface area contributed by atoms with Crippen LogP contribution in [0.15, 0.2) is 35.8 Å². The third-order valence-corrected chi connectivity index (χ3v) is 5.46. The minimum Gasteiger partial charge on any atom is -0.294 e. The van der Waals surface area contributed by atoms with Gasteiger partial charge >= 0.3 is 0 Å². The van der Waals surface area contributed by atoms with Crippen molar-refractivity contribution in [1.29, 1.82) is 0 Å². The zero-order chi connectivity index (χ0) is 15.0. The molecule has 0 aliphatic heterocycles. The molecule has 0 aliphatic rings. The number of nitrogens with one attached hydrogen (secondary N) is 1. The van der Waals surface area contributed by atoms with Crippen LogP contribution in [0, 0.1) is 6.92 Å². The first-order valence-electron chi connectivity index (χ1n) is 6.52. The molecule has 0 unspecified atom stereocenters. The number of benzene rings is 1. The molecule has 21 heavy (non-hydrogen) atoms. The maximum absolute atomic E-state index is 11.6. The molecule has 1 N–H and O–H groups in total. The molecule has 0 bridgehead atoms. The molecule has 7 heteroatoms. The lowest BCUT2D eigenvalue weighted by molar-refractivity contribution is 0.602. The highest BCUT2D eigenvalue weighted by atomic mass is 32.2. The van der Waals surface area contributed by atoms with Crippen LogP contribution in [0.25, 0.3) is 16.2 Å². The van der Waals surface area contributed by atoms with E-state index in [-0.39, 0.29) is 5.75 Å². The van der Waals surface area contributed by atoms with E-state index in [1.807, 2.05) is 29.7 Å². The molecule has 0 fully saturated rings. The number of hydrogen-bond donors (Lipinski definition) is 1. The van der Waals surface area contributed by atoms with Crippen molar-refractivity contribution in [3.63, 3.8) is 0 Å². The van der Waals surface area contributed by atoms with Gasteiger partial charge in [-0.15, -0.1) is 11.3 Å². The fourth-order valence-corrected chi connectivity index (χ4v) is 3.51. The highest BCUT2D eigenvalue weighted by Gasteiger charge is 2.10. The average molecular weight is 321 g/mol. The zero-order valence-electron chi connectivity index (χ0n) is 11.7. The molecular formula is C14H15N3O2S2. The Kier molecular flexibility index (Phi) is 3.46. The highest BCUT2D eigenvalue weighted by molar-refractivity contribution is 7.92. The van der Waals surface area contributed by atoms with Crippen molar-refractivity contribution >= 4 is 32.0 Å². The number of rotatable bonds is 4. The predicted octanol–water partition coefficient (Wildman–Crippen LogP) is 3.13. The van der Waals surface area contributed by atoms with E-state index in [9.17, 15) is 8.42 Å². The third kappa shape index (κ3) is 2.79. The second kappa shape index (κ2) is 5.16. The van der Waals surface area contributed by atoms with Gasteiger partial charge in [-0.05, 0) is 26.0 Å². The van der Waals surface area contributed by atoms with E-state index in [2.05, 4.69) is 15.1 Å². The molecule has 0 atom stereocenters. The van der Waals surface area contributed by atoms with Crippen LogP contribution in [-0.2, 0) is 10.0 Å². The molecule has 0 radical (unpaired) electrons. The SMILES string of the molecule is CCS(=O)(=O)Nc1cccc(-c2cn3c(C)csc3n2)c1. The van der Waals surface area contributed by atoms with Crippen molar-refractivity contribution in [3.05, 3.63) is 41.5 Å². The van der Waals surface area contributed by atoms with E-state index >= 15 is 0 Å². The van der Waals surface area contributed by atoms with Crippen LogP contribution in [0.5, 0.6) is 0 Å².